The fraction of sp³-hybridized carbons (Fsp3) is 0.818. The molecular weight excluding hydrogens is 402 g/mol. The number of amides is 3. The molecule has 1 rings (SSSR count). The Balaban J connectivity index is 2.39. The molecule has 0 heterocycles. The van der Waals surface area contributed by atoms with E-state index < -0.39 is 29.7 Å². The summed E-state index contributed by atoms with van der Waals surface area (Å²) in [6, 6.07) is -1.58. The maximum atomic E-state index is 12.5. The smallest absolute Gasteiger partial charge is 0.408 e. The Labute approximate surface area is 185 Å². The first-order chi connectivity index (χ1) is 14.3. The first kappa shape index (κ1) is 26.7. The molecule has 0 aromatic carbocycles. The van der Waals surface area contributed by atoms with Crippen molar-refractivity contribution in [1.29, 1.82) is 0 Å². The maximum absolute atomic E-state index is 12.5. The zero-order chi connectivity index (χ0) is 23.8. The molecule has 0 bridgehead atoms. The van der Waals surface area contributed by atoms with Crippen molar-refractivity contribution in [1.82, 2.24) is 16.0 Å². The molecule has 0 aromatic rings. The fourth-order valence-electron chi connectivity index (χ4n) is 3.53. The summed E-state index contributed by atoms with van der Waals surface area (Å²) in [6.45, 7) is 11.0. The largest absolute Gasteiger partial charge is 0.480 e. The van der Waals surface area contributed by atoms with Crippen LogP contribution in [0.2, 0.25) is 0 Å². The number of ether oxygens (including phenoxy) is 1. The predicted molar refractivity (Wildman–Crippen MR) is 116 cm³/mol. The van der Waals surface area contributed by atoms with Crippen molar-refractivity contribution in [2.45, 2.75) is 91.3 Å². The minimum atomic E-state index is -1.01. The summed E-state index contributed by atoms with van der Waals surface area (Å²) in [4.78, 5) is 47.9. The fourth-order valence-corrected chi connectivity index (χ4v) is 3.53. The normalized spacial score (nSPS) is 21.9. The van der Waals surface area contributed by atoms with Gasteiger partial charge in [-0.1, -0.05) is 20.3 Å². The first-order valence-electron chi connectivity index (χ1n) is 11.1. The zero-order valence-electron chi connectivity index (χ0n) is 19.6. The molecule has 0 spiro atoms. The van der Waals surface area contributed by atoms with Crippen LogP contribution < -0.4 is 16.0 Å². The van der Waals surface area contributed by atoms with Gasteiger partial charge in [0, 0.05) is 12.5 Å². The van der Waals surface area contributed by atoms with E-state index in [2.05, 4.69) is 16.0 Å². The third kappa shape index (κ3) is 9.57. The summed E-state index contributed by atoms with van der Waals surface area (Å²) in [7, 11) is 0. The molecule has 178 valence electrons. The minimum absolute atomic E-state index is 0.135. The molecule has 0 unspecified atom stereocenters. The lowest BCUT2D eigenvalue weighted by Crippen LogP contribution is -2.48. The van der Waals surface area contributed by atoms with Crippen LogP contribution >= 0.6 is 0 Å². The number of hydrogen-bond acceptors (Lipinski definition) is 5. The Kier molecular flexibility index (Phi) is 10.3. The number of rotatable bonds is 9. The number of carboxylic acid groups (broad SMARTS) is 1. The number of carboxylic acids is 1. The molecule has 1 aliphatic rings. The number of carbonyl (C=O) groups excluding carboxylic acids is 3. The van der Waals surface area contributed by atoms with Crippen LogP contribution in [0.25, 0.3) is 0 Å². The van der Waals surface area contributed by atoms with E-state index in [-0.39, 0.29) is 29.6 Å². The number of alkyl carbamates (subject to hydrolysis) is 1. The van der Waals surface area contributed by atoms with Crippen LogP contribution in [0.5, 0.6) is 0 Å². The van der Waals surface area contributed by atoms with Gasteiger partial charge >= 0.3 is 12.1 Å². The van der Waals surface area contributed by atoms with Crippen molar-refractivity contribution >= 4 is 23.9 Å². The lowest BCUT2D eigenvalue weighted by Gasteiger charge is -2.30. The van der Waals surface area contributed by atoms with E-state index in [1.54, 1.807) is 27.7 Å². The van der Waals surface area contributed by atoms with Gasteiger partial charge in [0.15, 0.2) is 0 Å². The highest BCUT2D eigenvalue weighted by molar-refractivity contribution is 5.86. The summed E-state index contributed by atoms with van der Waals surface area (Å²) in [6.07, 6.45) is 2.89. The highest BCUT2D eigenvalue weighted by Gasteiger charge is 2.31. The number of hydrogen-bond donors (Lipinski definition) is 4. The molecule has 0 radical (unpaired) electrons. The Morgan fingerprint density at radius 2 is 1.61 bits per heavy atom. The molecule has 0 aliphatic heterocycles. The van der Waals surface area contributed by atoms with E-state index in [4.69, 9.17) is 4.74 Å². The Hall–Kier alpha value is -2.32. The van der Waals surface area contributed by atoms with Gasteiger partial charge in [-0.15, -0.1) is 0 Å². The van der Waals surface area contributed by atoms with Crippen LogP contribution in [0, 0.1) is 17.8 Å². The van der Waals surface area contributed by atoms with E-state index in [9.17, 15) is 24.3 Å². The van der Waals surface area contributed by atoms with Gasteiger partial charge in [-0.2, -0.15) is 0 Å². The second-order valence-electron chi connectivity index (χ2n) is 9.54. The SMILES string of the molecule is CC[C@@H](C)[C@H](NC(=O)C1CCC(CNC(=O)[C@H](C)NC(=O)OC(C)(C)C)CC1)C(=O)O. The van der Waals surface area contributed by atoms with E-state index in [1.807, 2.05) is 13.8 Å². The van der Waals surface area contributed by atoms with Crippen molar-refractivity contribution in [3.8, 4) is 0 Å². The highest BCUT2D eigenvalue weighted by Crippen LogP contribution is 2.29. The van der Waals surface area contributed by atoms with Gasteiger partial charge in [-0.25, -0.2) is 9.59 Å². The number of nitrogens with one attached hydrogen (secondary N) is 3. The Bertz CT molecular complexity index is 638. The van der Waals surface area contributed by atoms with Gasteiger partial charge in [-0.3, -0.25) is 9.59 Å². The summed E-state index contributed by atoms with van der Waals surface area (Å²) in [5.41, 5.74) is -0.635. The molecule has 4 N–H and O–H groups in total. The molecular formula is C22H39N3O6. The number of aliphatic carboxylic acids is 1. The van der Waals surface area contributed by atoms with Crippen molar-refractivity contribution in [2.24, 2.45) is 17.8 Å². The third-order valence-electron chi connectivity index (χ3n) is 5.69. The summed E-state index contributed by atoms with van der Waals surface area (Å²) >= 11 is 0. The van der Waals surface area contributed by atoms with Crippen LogP contribution in [0.1, 0.15) is 73.6 Å². The number of carbonyl (C=O) groups is 4. The lowest BCUT2D eigenvalue weighted by molar-refractivity contribution is -0.144. The first-order valence-corrected chi connectivity index (χ1v) is 11.1. The van der Waals surface area contributed by atoms with E-state index in [0.717, 1.165) is 12.8 Å². The molecule has 3 amide bonds. The quantitative estimate of drug-likeness (QED) is 0.434. The van der Waals surface area contributed by atoms with Crippen LogP contribution in [-0.4, -0.2) is 53.2 Å². The molecule has 31 heavy (non-hydrogen) atoms. The average molecular weight is 442 g/mol. The van der Waals surface area contributed by atoms with Crippen molar-refractivity contribution < 1.29 is 29.0 Å². The van der Waals surface area contributed by atoms with Crippen molar-refractivity contribution in [3.63, 3.8) is 0 Å². The second kappa shape index (κ2) is 11.9. The molecule has 9 heteroatoms. The molecule has 3 atom stereocenters. The van der Waals surface area contributed by atoms with E-state index >= 15 is 0 Å². The maximum Gasteiger partial charge on any atom is 0.408 e. The summed E-state index contributed by atoms with van der Waals surface area (Å²) in [5.74, 6) is -1.59. The molecule has 1 aliphatic carbocycles. The predicted octanol–water partition coefficient (Wildman–Crippen LogP) is 2.44. The van der Waals surface area contributed by atoms with Gasteiger partial charge in [0.05, 0.1) is 0 Å². The topological polar surface area (TPSA) is 134 Å². The highest BCUT2D eigenvalue weighted by atomic mass is 16.6. The van der Waals surface area contributed by atoms with Gasteiger partial charge in [0.25, 0.3) is 0 Å². The second-order valence-corrected chi connectivity index (χ2v) is 9.54. The Morgan fingerprint density at radius 1 is 1.03 bits per heavy atom. The van der Waals surface area contributed by atoms with Gasteiger partial charge in [0.1, 0.15) is 17.7 Å². The third-order valence-corrected chi connectivity index (χ3v) is 5.69. The monoisotopic (exact) mass is 441 g/mol. The van der Waals surface area contributed by atoms with Crippen molar-refractivity contribution in [3.05, 3.63) is 0 Å². The van der Waals surface area contributed by atoms with Gasteiger partial charge in [-0.05, 0) is 65.2 Å². The van der Waals surface area contributed by atoms with E-state index in [0.29, 0.717) is 25.8 Å². The van der Waals surface area contributed by atoms with Crippen LogP contribution in [0.15, 0.2) is 0 Å². The van der Waals surface area contributed by atoms with Crippen LogP contribution in [0.3, 0.4) is 0 Å². The van der Waals surface area contributed by atoms with Crippen LogP contribution in [0.4, 0.5) is 4.79 Å². The molecule has 0 saturated heterocycles. The van der Waals surface area contributed by atoms with Crippen LogP contribution in [-0.2, 0) is 19.1 Å². The van der Waals surface area contributed by atoms with Crippen molar-refractivity contribution in [2.75, 3.05) is 6.54 Å². The molecule has 1 saturated carbocycles. The van der Waals surface area contributed by atoms with E-state index in [1.165, 1.54) is 0 Å². The summed E-state index contributed by atoms with van der Waals surface area (Å²) in [5, 5.41) is 17.4. The minimum Gasteiger partial charge on any atom is -0.480 e. The zero-order valence-corrected chi connectivity index (χ0v) is 19.6. The molecule has 0 aromatic heterocycles. The molecule has 9 nitrogen and oxygen atoms in total. The molecule has 1 fully saturated rings. The lowest BCUT2D eigenvalue weighted by atomic mass is 9.81. The van der Waals surface area contributed by atoms with Gasteiger partial charge in [0.2, 0.25) is 11.8 Å². The van der Waals surface area contributed by atoms with Gasteiger partial charge < -0.3 is 25.8 Å². The standard InChI is InChI=1S/C22H39N3O6/c1-7-13(2)17(20(28)29)25-19(27)16-10-8-15(9-11-16)12-23-18(26)14(3)24-21(30)31-22(4,5)6/h13-17H,7-12H2,1-6H3,(H,23,26)(H,24,30)(H,25,27)(H,28,29)/t13-,14+,15?,16?,17+/m1/s1. The summed E-state index contributed by atoms with van der Waals surface area (Å²) < 4.78 is 5.15. The average Bonchev–Trinajstić information content (AvgIpc) is 2.67. The Morgan fingerprint density at radius 3 is 2.10 bits per heavy atom.